The van der Waals surface area contributed by atoms with Crippen molar-refractivity contribution in [2.45, 2.75) is 9.79 Å². The Labute approximate surface area is 110 Å². The van der Waals surface area contributed by atoms with E-state index in [1.54, 1.807) is 6.07 Å². The van der Waals surface area contributed by atoms with Crippen molar-refractivity contribution in [3.63, 3.8) is 0 Å². The van der Waals surface area contributed by atoms with Crippen molar-refractivity contribution in [1.82, 2.24) is 0 Å². The lowest BCUT2D eigenvalue weighted by atomic mass is 10.2. The summed E-state index contributed by atoms with van der Waals surface area (Å²) in [6.07, 6.45) is 0. The van der Waals surface area contributed by atoms with Gasteiger partial charge in [-0.25, -0.2) is 17.6 Å². The molecule has 0 saturated carbocycles. The molecule has 0 fully saturated rings. The van der Waals surface area contributed by atoms with Gasteiger partial charge >= 0.3 is 0 Å². The average Bonchev–Trinajstić information content (AvgIpc) is 2.37. The molecule has 6 heteroatoms. The second-order valence-electron chi connectivity index (χ2n) is 3.56. The molecule has 0 aliphatic rings. The van der Waals surface area contributed by atoms with Gasteiger partial charge in [0.15, 0.2) is 0 Å². The fourth-order valence-electron chi connectivity index (χ4n) is 1.39. The van der Waals surface area contributed by atoms with E-state index in [-0.39, 0.29) is 10.5 Å². The minimum Gasteiger partial charge on any atom is -0.207 e. The second-order valence-corrected chi connectivity index (χ2v) is 4.61. The topological polar surface area (TPSA) is 23.8 Å². The van der Waals surface area contributed by atoms with Crippen LogP contribution >= 0.6 is 11.8 Å². The zero-order valence-corrected chi connectivity index (χ0v) is 10.1. The van der Waals surface area contributed by atoms with Crippen LogP contribution in [0.2, 0.25) is 0 Å². The SMILES string of the molecule is N#Cc1cc(F)c(Sc2cc(F)ccc2F)c(F)c1. The zero-order chi connectivity index (χ0) is 14.0. The number of benzene rings is 2. The van der Waals surface area contributed by atoms with E-state index >= 15 is 0 Å². The van der Waals surface area contributed by atoms with Gasteiger partial charge < -0.3 is 0 Å². The summed E-state index contributed by atoms with van der Waals surface area (Å²) in [5.41, 5.74) is -0.181. The number of hydrogen-bond donors (Lipinski definition) is 0. The van der Waals surface area contributed by atoms with Crippen molar-refractivity contribution in [2.75, 3.05) is 0 Å². The largest absolute Gasteiger partial charge is 0.207 e. The fourth-order valence-corrected chi connectivity index (χ4v) is 2.26. The molecule has 0 amide bonds. The van der Waals surface area contributed by atoms with Crippen molar-refractivity contribution >= 4 is 11.8 Å². The molecule has 0 atom stereocenters. The van der Waals surface area contributed by atoms with Crippen LogP contribution in [0.1, 0.15) is 5.56 Å². The first-order chi connectivity index (χ1) is 9.01. The summed E-state index contributed by atoms with van der Waals surface area (Å²) in [5.74, 6) is -3.48. The van der Waals surface area contributed by atoms with E-state index in [1.807, 2.05) is 0 Å². The Kier molecular flexibility index (Phi) is 3.76. The van der Waals surface area contributed by atoms with Gasteiger partial charge in [-0.2, -0.15) is 5.26 Å². The molecule has 0 aliphatic heterocycles. The maximum absolute atomic E-state index is 13.6. The predicted molar refractivity (Wildman–Crippen MR) is 61.6 cm³/mol. The highest BCUT2D eigenvalue weighted by Gasteiger charge is 2.15. The number of nitriles is 1. The van der Waals surface area contributed by atoms with Crippen LogP contribution in [-0.4, -0.2) is 0 Å². The third-order valence-electron chi connectivity index (χ3n) is 2.23. The third-order valence-corrected chi connectivity index (χ3v) is 3.36. The van der Waals surface area contributed by atoms with E-state index in [2.05, 4.69) is 0 Å². The molecule has 0 heterocycles. The average molecular weight is 283 g/mol. The first kappa shape index (κ1) is 13.4. The first-order valence-corrected chi connectivity index (χ1v) is 5.85. The standard InChI is InChI=1S/C13H5F4NS/c14-8-1-2-9(15)12(5-8)19-13-10(16)3-7(6-18)4-11(13)17/h1-5H. The Morgan fingerprint density at radius 3 is 2.11 bits per heavy atom. The zero-order valence-electron chi connectivity index (χ0n) is 9.25. The molecule has 19 heavy (non-hydrogen) atoms. The van der Waals surface area contributed by atoms with E-state index in [4.69, 9.17) is 5.26 Å². The molecule has 2 rings (SSSR count). The highest BCUT2D eigenvalue weighted by molar-refractivity contribution is 7.99. The molecule has 96 valence electrons. The van der Waals surface area contributed by atoms with Crippen LogP contribution < -0.4 is 0 Å². The molecule has 0 aliphatic carbocycles. The van der Waals surface area contributed by atoms with Crippen molar-refractivity contribution in [1.29, 1.82) is 5.26 Å². The lowest BCUT2D eigenvalue weighted by Gasteiger charge is -2.06. The predicted octanol–water partition coefficient (Wildman–Crippen LogP) is 4.27. The van der Waals surface area contributed by atoms with E-state index in [9.17, 15) is 17.6 Å². The number of hydrogen-bond acceptors (Lipinski definition) is 2. The Hall–Kier alpha value is -2.00. The van der Waals surface area contributed by atoms with Crippen LogP contribution in [0, 0.1) is 34.6 Å². The highest BCUT2D eigenvalue weighted by atomic mass is 32.2. The molecular weight excluding hydrogens is 278 g/mol. The molecule has 0 N–H and O–H groups in total. The summed E-state index contributed by atoms with van der Waals surface area (Å²) in [6.45, 7) is 0. The van der Waals surface area contributed by atoms with Crippen LogP contribution in [0.5, 0.6) is 0 Å². The summed E-state index contributed by atoms with van der Waals surface area (Å²) in [7, 11) is 0. The van der Waals surface area contributed by atoms with Crippen molar-refractivity contribution in [3.05, 3.63) is 59.2 Å². The lowest BCUT2D eigenvalue weighted by Crippen LogP contribution is -1.92. The first-order valence-electron chi connectivity index (χ1n) is 5.03. The molecule has 0 aromatic heterocycles. The minimum atomic E-state index is -0.995. The minimum absolute atomic E-state index is 0.181. The van der Waals surface area contributed by atoms with Crippen LogP contribution in [0.15, 0.2) is 40.1 Å². The Morgan fingerprint density at radius 1 is 0.895 bits per heavy atom. The van der Waals surface area contributed by atoms with Gasteiger partial charge in [-0.05, 0) is 30.3 Å². The molecule has 0 bridgehead atoms. The van der Waals surface area contributed by atoms with Gasteiger partial charge in [0.2, 0.25) is 0 Å². The molecule has 0 radical (unpaired) electrons. The molecule has 1 nitrogen and oxygen atoms in total. The van der Waals surface area contributed by atoms with Gasteiger partial charge in [-0.1, -0.05) is 11.8 Å². The number of halogens is 4. The monoisotopic (exact) mass is 283 g/mol. The smallest absolute Gasteiger partial charge is 0.141 e. The van der Waals surface area contributed by atoms with Crippen LogP contribution in [0.4, 0.5) is 17.6 Å². The van der Waals surface area contributed by atoms with Crippen molar-refractivity contribution < 1.29 is 17.6 Å². The van der Waals surface area contributed by atoms with E-state index in [0.29, 0.717) is 11.8 Å². The second kappa shape index (κ2) is 5.33. The van der Waals surface area contributed by atoms with Gasteiger partial charge in [0, 0.05) is 0 Å². The van der Waals surface area contributed by atoms with Gasteiger partial charge in [-0.3, -0.25) is 0 Å². The van der Waals surface area contributed by atoms with Crippen LogP contribution in [0.25, 0.3) is 0 Å². The van der Waals surface area contributed by atoms with Crippen molar-refractivity contribution in [3.8, 4) is 6.07 Å². The molecule has 2 aromatic carbocycles. The van der Waals surface area contributed by atoms with E-state index in [1.165, 1.54) is 0 Å². The fraction of sp³-hybridized carbons (Fsp3) is 0. The van der Waals surface area contributed by atoms with E-state index < -0.39 is 28.2 Å². The van der Waals surface area contributed by atoms with Gasteiger partial charge in [0.25, 0.3) is 0 Å². The van der Waals surface area contributed by atoms with Gasteiger partial charge in [-0.15, -0.1) is 0 Å². The van der Waals surface area contributed by atoms with Gasteiger partial charge in [0.1, 0.15) is 23.3 Å². The molecular formula is C13H5F4NS. The molecule has 2 aromatic rings. The normalized spacial score (nSPS) is 10.3. The van der Waals surface area contributed by atoms with Gasteiger partial charge in [0.05, 0.1) is 21.4 Å². The Bertz CT molecular complexity index is 656. The summed E-state index contributed by atoms with van der Waals surface area (Å²) in [4.78, 5) is -0.717. The summed E-state index contributed by atoms with van der Waals surface area (Å²) in [5, 5.41) is 8.55. The van der Waals surface area contributed by atoms with E-state index in [0.717, 1.165) is 30.3 Å². The number of rotatable bonds is 2. The molecule has 0 spiro atoms. The maximum Gasteiger partial charge on any atom is 0.141 e. The Balaban J connectivity index is 2.44. The third kappa shape index (κ3) is 2.88. The molecule has 0 saturated heterocycles. The quantitative estimate of drug-likeness (QED) is 0.769. The lowest BCUT2D eigenvalue weighted by molar-refractivity contribution is 0.538. The summed E-state index contributed by atoms with van der Waals surface area (Å²) in [6, 6.07) is 5.89. The van der Waals surface area contributed by atoms with Crippen LogP contribution in [0.3, 0.4) is 0 Å². The Morgan fingerprint density at radius 2 is 1.53 bits per heavy atom. The summed E-state index contributed by atoms with van der Waals surface area (Å²) < 4.78 is 53.5. The van der Waals surface area contributed by atoms with Crippen molar-refractivity contribution in [2.24, 2.45) is 0 Å². The van der Waals surface area contributed by atoms with Crippen LogP contribution in [-0.2, 0) is 0 Å². The molecule has 0 unspecified atom stereocenters. The highest BCUT2D eigenvalue weighted by Crippen LogP contribution is 2.34. The number of nitrogens with zero attached hydrogens (tertiary/aromatic N) is 1. The summed E-state index contributed by atoms with van der Waals surface area (Å²) >= 11 is 0.426. The maximum atomic E-state index is 13.6.